The van der Waals surface area contributed by atoms with Gasteiger partial charge in [-0.25, -0.2) is 13.1 Å². The highest BCUT2D eigenvalue weighted by Crippen LogP contribution is 2.62. The number of nitrogens with one attached hydrogen (secondary N) is 1. The van der Waals surface area contributed by atoms with Crippen LogP contribution in [0, 0.1) is 17.8 Å². The fourth-order valence-electron chi connectivity index (χ4n) is 2.57. The highest BCUT2D eigenvalue weighted by Gasteiger charge is 2.66. The van der Waals surface area contributed by atoms with Crippen molar-refractivity contribution in [3.05, 3.63) is 29.8 Å². The van der Waals surface area contributed by atoms with E-state index in [0.717, 1.165) is 5.56 Å². The van der Waals surface area contributed by atoms with Crippen LogP contribution in [0.15, 0.2) is 29.2 Å². The summed E-state index contributed by atoms with van der Waals surface area (Å²) in [6.07, 6.45) is 0. The third-order valence-electron chi connectivity index (χ3n) is 4.68. The molecule has 0 radical (unpaired) electrons. The summed E-state index contributed by atoms with van der Waals surface area (Å²) in [5.74, 6) is 0. The first-order valence-electron chi connectivity index (χ1n) is 6.18. The predicted octanol–water partition coefficient (Wildman–Crippen LogP) is 2.71. The Labute approximate surface area is 110 Å². The van der Waals surface area contributed by atoms with Crippen LogP contribution in [0.2, 0.25) is 0 Å². The summed E-state index contributed by atoms with van der Waals surface area (Å²) < 4.78 is 27.6. The zero-order valence-corrected chi connectivity index (χ0v) is 12.4. The van der Waals surface area contributed by atoms with E-state index < -0.39 is 10.0 Å². The molecule has 1 aliphatic rings. The van der Waals surface area contributed by atoms with Gasteiger partial charge in [-0.1, -0.05) is 45.9 Å². The number of benzene rings is 1. The van der Waals surface area contributed by atoms with Gasteiger partial charge in [0, 0.05) is 6.04 Å². The van der Waals surface area contributed by atoms with E-state index in [0.29, 0.717) is 4.90 Å². The summed E-state index contributed by atoms with van der Waals surface area (Å²) in [5.41, 5.74) is 0.784. The van der Waals surface area contributed by atoms with Gasteiger partial charge < -0.3 is 0 Å². The Morgan fingerprint density at radius 1 is 1.06 bits per heavy atom. The molecule has 0 aromatic heterocycles. The molecule has 0 atom stereocenters. The minimum Gasteiger partial charge on any atom is -0.207 e. The maximum absolute atomic E-state index is 12.4. The van der Waals surface area contributed by atoms with Gasteiger partial charge in [-0.05, 0) is 29.4 Å². The van der Waals surface area contributed by atoms with Crippen LogP contribution in [-0.2, 0) is 10.0 Å². The molecule has 1 aliphatic carbocycles. The number of aryl methyl sites for hydroxylation is 1. The standard InChI is InChI=1S/C14H21NO2S/c1-10-8-6-7-9-11(10)18(16,17)15-12-13(2,3)14(12,4)5/h6-9,12,15H,1-5H3. The summed E-state index contributed by atoms with van der Waals surface area (Å²) in [6.45, 7) is 10.2. The molecule has 0 amide bonds. The molecular formula is C14H21NO2S. The molecule has 0 aliphatic heterocycles. The molecule has 1 fully saturated rings. The Bertz CT molecular complexity index is 559. The molecule has 2 rings (SSSR count). The van der Waals surface area contributed by atoms with E-state index in [9.17, 15) is 8.42 Å². The first-order valence-corrected chi connectivity index (χ1v) is 7.67. The van der Waals surface area contributed by atoms with Crippen molar-refractivity contribution in [2.24, 2.45) is 10.8 Å². The van der Waals surface area contributed by atoms with Gasteiger partial charge in [0.2, 0.25) is 10.0 Å². The molecular weight excluding hydrogens is 246 g/mol. The van der Waals surface area contributed by atoms with E-state index in [1.165, 1.54) is 0 Å². The van der Waals surface area contributed by atoms with Crippen molar-refractivity contribution < 1.29 is 8.42 Å². The van der Waals surface area contributed by atoms with Gasteiger partial charge in [0.05, 0.1) is 4.90 Å². The van der Waals surface area contributed by atoms with Crippen molar-refractivity contribution in [1.82, 2.24) is 4.72 Å². The van der Waals surface area contributed by atoms with Crippen LogP contribution >= 0.6 is 0 Å². The molecule has 4 heteroatoms. The lowest BCUT2D eigenvalue weighted by Crippen LogP contribution is -2.30. The Morgan fingerprint density at radius 2 is 1.56 bits per heavy atom. The first-order chi connectivity index (χ1) is 8.11. The van der Waals surface area contributed by atoms with Gasteiger partial charge in [0.15, 0.2) is 0 Å². The van der Waals surface area contributed by atoms with Crippen molar-refractivity contribution in [2.45, 2.75) is 45.6 Å². The second-order valence-corrected chi connectivity index (χ2v) is 7.95. The van der Waals surface area contributed by atoms with E-state index in [1.54, 1.807) is 12.1 Å². The summed E-state index contributed by atoms with van der Waals surface area (Å²) in [7, 11) is -3.42. The van der Waals surface area contributed by atoms with Crippen LogP contribution in [-0.4, -0.2) is 14.5 Å². The number of hydrogen-bond acceptors (Lipinski definition) is 2. The van der Waals surface area contributed by atoms with Crippen LogP contribution in [0.1, 0.15) is 33.3 Å². The summed E-state index contributed by atoms with van der Waals surface area (Å²) >= 11 is 0. The summed E-state index contributed by atoms with van der Waals surface area (Å²) in [5, 5.41) is 0. The van der Waals surface area contributed by atoms with E-state index in [1.807, 2.05) is 19.1 Å². The highest BCUT2D eigenvalue weighted by atomic mass is 32.2. The minimum atomic E-state index is -3.42. The number of sulfonamides is 1. The van der Waals surface area contributed by atoms with Gasteiger partial charge in [-0.2, -0.15) is 0 Å². The average Bonchev–Trinajstić information content (AvgIpc) is 2.61. The molecule has 0 spiro atoms. The van der Waals surface area contributed by atoms with Crippen molar-refractivity contribution >= 4 is 10.0 Å². The zero-order valence-electron chi connectivity index (χ0n) is 11.6. The molecule has 1 N–H and O–H groups in total. The van der Waals surface area contributed by atoms with Crippen LogP contribution in [0.5, 0.6) is 0 Å². The lowest BCUT2D eigenvalue weighted by molar-refractivity contribution is 0.457. The van der Waals surface area contributed by atoms with Crippen LogP contribution < -0.4 is 4.72 Å². The molecule has 1 saturated carbocycles. The van der Waals surface area contributed by atoms with Gasteiger partial charge in [0.25, 0.3) is 0 Å². The lowest BCUT2D eigenvalue weighted by Gasteiger charge is -2.10. The highest BCUT2D eigenvalue weighted by molar-refractivity contribution is 7.89. The maximum Gasteiger partial charge on any atom is 0.241 e. The van der Waals surface area contributed by atoms with Crippen LogP contribution in [0.3, 0.4) is 0 Å². The molecule has 18 heavy (non-hydrogen) atoms. The first kappa shape index (κ1) is 13.6. The third kappa shape index (κ3) is 1.88. The SMILES string of the molecule is Cc1ccccc1S(=O)(=O)NC1C(C)(C)C1(C)C. The average molecular weight is 267 g/mol. The van der Waals surface area contributed by atoms with Crippen molar-refractivity contribution in [3.63, 3.8) is 0 Å². The summed E-state index contributed by atoms with van der Waals surface area (Å²) in [4.78, 5) is 0.378. The van der Waals surface area contributed by atoms with E-state index >= 15 is 0 Å². The van der Waals surface area contributed by atoms with E-state index in [4.69, 9.17) is 0 Å². The third-order valence-corrected chi connectivity index (χ3v) is 6.26. The minimum absolute atomic E-state index is 0.00273. The normalized spacial score (nSPS) is 21.8. The molecule has 100 valence electrons. The Kier molecular flexibility index (Phi) is 2.87. The van der Waals surface area contributed by atoms with Crippen LogP contribution in [0.4, 0.5) is 0 Å². The second-order valence-electron chi connectivity index (χ2n) is 6.26. The van der Waals surface area contributed by atoms with E-state index in [-0.39, 0.29) is 16.9 Å². The second kappa shape index (κ2) is 3.81. The van der Waals surface area contributed by atoms with Crippen molar-refractivity contribution in [3.8, 4) is 0 Å². The smallest absolute Gasteiger partial charge is 0.207 e. The van der Waals surface area contributed by atoms with Crippen molar-refractivity contribution in [1.29, 1.82) is 0 Å². The largest absolute Gasteiger partial charge is 0.241 e. The van der Waals surface area contributed by atoms with Crippen LogP contribution in [0.25, 0.3) is 0 Å². The van der Waals surface area contributed by atoms with Gasteiger partial charge in [0.1, 0.15) is 0 Å². The molecule has 3 nitrogen and oxygen atoms in total. The lowest BCUT2D eigenvalue weighted by atomic mass is 10.0. The molecule has 1 aromatic carbocycles. The predicted molar refractivity (Wildman–Crippen MR) is 72.9 cm³/mol. The number of hydrogen-bond donors (Lipinski definition) is 1. The van der Waals surface area contributed by atoms with Gasteiger partial charge >= 0.3 is 0 Å². The monoisotopic (exact) mass is 267 g/mol. The zero-order chi connectivity index (χ0) is 13.8. The Balaban J connectivity index is 2.29. The molecule has 0 unspecified atom stereocenters. The Hall–Kier alpha value is -0.870. The summed E-state index contributed by atoms with van der Waals surface area (Å²) in [6, 6.07) is 7.07. The van der Waals surface area contributed by atoms with E-state index in [2.05, 4.69) is 32.4 Å². The fourth-order valence-corrected chi connectivity index (χ4v) is 4.34. The molecule has 0 saturated heterocycles. The molecule has 1 aromatic rings. The maximum atomic E-state index is 12.4. The fraction of sp³-hybridized carbons (Fsp3) is 0.571. The topological polar surface area (TPSA) is 46.2 Å². The number of rotatable bonds is 3. The quantitative estimate of drug-likeness (QED) is 0.915. The van der Waals surface area contributed by atoms with Gasteiger partial charge in [-0.15, -0.1) is 0 Å². The molecule has 0 heterocycles. The Morgan fingerprint density at radius 3 is 2.00 bits per heavy atom. The van der Waals surface area contributed by atoms with Gasteiger partial charge in [-0.3, -0.25) is 0 Å². The molecule has 0 bridgehead atoms. The van der Waals surface area contributed by atoms with Crippen molar-refractivity contribution in [2.75, 3.05) is 0 Å².